The van der Waals surface area contributed by atoms with Gasteiger partial charge in [-0.15, -0.1) is 0 Å². The fourth-order valence-electron chi connectivity index (χ4n) is 2.38. The summed E-state index contributed by atoms with van der Waals surface area (Å²) in [4.78, 5) is 4.40. The van der Waals surface area contributed by atoms with E-state index in [1.807, 2.05) is 6.20 Å². The van der Waals surface area contributed by atoms with Crippen LogP contribution in [0.5, 0.6) is 0 Å². The first kappa shape index (κ1) is 11.6. The second kappa shape index (κ2) is 5.00. The highest BCUT2D eigenvalue weighted by atomic mass is 15.1. The van der Waals surface area contributed by atoms with Gasteiger partial charge in [-0.1, -0.05) is 20.3 Å². The lowest BCUT2D eigenvalue weighted by molar-refractivity contribution is 0.156. The van der Waals surface area contributed by atoms with E-state index in [1.54, 1.807) is 0 Å². The van der Waals surface area contributed by atoms with Crippen molar-refractivity contribution < 1.29 is 0 Å². The fraction of sp³-hybridized carbons (Fsp3) is 0.769. The minimum Gasteiger partial charge on any atom is -0.334 e. The van der Waals surface area contributed by atoms with E-state index in [0.29, 0.717) is 5.41 Å². The first-order valence-corrected chi connectivity index (χ1v) is 6.44. The number of hydrogen-bond donors (Lipinski definition) is 1. The van der Waals surface area contributed by atoms with E-state index in [2.05, 4.69) is 34.9 Å². The Kier molecular flexibility index (Phi) is 3.64. The monoisotopic (exact) mass is 221 g/mol. The number of rotatable bonds is 6. The van der Waals surface area contributed by atoms with E-state index in [1.165, 1.54) is 31.5 Å². The Bertz CT molecular complexity index is 326. The molecule has 3 heteroatoms. The van der Waals surface area contributed by atoms with Crippen LogP contribution in [0.3, 0.4) is 0 Å². The highest BCUT2D eigenvalue weighted by Crippen LogP contribution is 2.39. The Labute approximate surface area is 98.3 Å². The van der Waals surface area contributed by atoms with Gasteiger partial charge in [0.05, 0.1) is 6.54 Å². The van der Waals surface area contributed by atoms with Crippen molar-refractivity contribution in [1.82, 2.24) is 14.9 Å². The van der Waals surface area contributed by atoms with Crippen LogP contribution in [0, 0.1) is 5.41 Å². The number of aromatic nitrogens is 2. The summed E-state index contributed by atoms with van der Waals surface area (Å²) in [5, 5.41) is 3.55. The summed E-state index contributed by atoms with van der Waals surface area (Å²) in [6.07, 6.45) is 9.31. The molecule has 0 unspecified atom stereocenters. The summed E-state index contributed by atoms with van der Waals surface area (Å²) in [6.45, 7) is 7.69. The first-order valence-electron chi connectivity index (χ1n) is 6.44. The predicted octanol–water partition coefficient (Wildman–Crippen LogP) is 2.57. The second-order valence-electron chi connectivity index (χ2n) is 5.30. The number of nitrogens with zero attached hydrogens (tertiary/aromatic N) is 2. The largest absolute Gasteiger partial charge is 0.334 e. The minimum absolute atomic E-state index is 0.558. The maximum absolute atomic E-state index is 4.40. The zero-order chi connectivity index (χ0) is 11.4. The summed E-state index contributed by atoms with van der Waals surface area (Å²) in [5.74, 6) is 1.17. The summed E-state index contributed by atoms with van der Waals surface area (Å²) in [5.41, 5.74) is 0.558. The molecular formula is C13H23N3. The van der Waals surface area contributed by atoms with Crippen molar-refractivity contribution in [3.8, 4) is 0 Å². The van der Waals surface area contributed by atoms with Gasteiger partial charge in [-0.2, -0.15) is 0 Å². The molecule has 0 radical (unpaired) electrons. The van der Waals surface area contributed by atoms with E-state index >= 15 is 0 Å². The van der Waals surface area contributed by atoms with Gasteiger partial charge in [0.15, 0.2) is 0 Å². The third kappa shape index (κ3) is 2.64. The van der Waals surface area contributed by atoms with Crippen molar-refractivity contribution in [2.75, 3.05) is 6.54 Å². The van der Waals surface area contributed by atoms with Gasteiger partial charge in [-0.3, -0.25) is 0 Å². The molecule has 1 aliphatic carbocycles. The normalized spacial score (nSPS) is 18.4. The van der Waals surface area contributed by atoms with Crippen LogP contribution in [0.1, 0.15) is 45.4 Å². The van der Waals surface area contributed by atoms with Crippen LogP contribution < -0.4 is 5.32 Å². The summed E-state index contributed by atoms with van der Waals surface area (Å²) in [6, 6.07) is 0. The Morgan fingerprint density at radius 1 is 1.50 bits per heavy atom. The molecule has 0 aliphatic heterocycles. The topological polar surface area (TPSA) is 29.9 Å². The number of hydrogen-bond acceptors (Lipinski definition) is 2. The molecule has 1 aromatic heterocycles. The van der Waals surface area contributed by atoms with Gasteiger partial charge < -0.3 is 9.88 Å². The van der Waals surface area contributed by atoms with Gasteiger partial charge in [0.1, 0.15) is 5.82 Å². The van der Waals surface area contributed by atoms with Gasteiger partial charge in [-0.25, -0.2) is 4.98 Å². The molecule has 1 heterocycles. The van der Waals surface area contributed by atoms with Gasteiger partial charge in [0.25, 0.3) is 0 Å². The van der Waals surface area contributed by atoms with E-state index in [-0.39, 0.29) is 0 Å². The van der Waals surface area contributed by atoms with E-state index in [0.717, 1.165) is 19.6 Å². The average Bonchev–Trinajstić information content (AvgIpc) is 2.64. The Balaban J connectivity index is 1.78. The molecule has 2 rings (SSSR count). The highest BCUT2D eigenvalue weighted by molar-refractivity contribution is 4.93. The molecule has 1 saturated carbocycles. The van der Waals surface area contributed by atoms with Gasteiger partial charge >= 0.3 is 0 Å². The molecule has 0 saturated heterocycles. The van der Waals surface area contributed by atoms with Crippen LogP contribution in [0.15, 0.2) is 12.4 Å². The smallest absolute Gasteiger partial charge is 0.122 e. The lowest BCUT2D eigenvalue weighted by Crippen LogP contribution is -2.37. The maximum atomic E-state index is 4.40. The third-order valence-electron chi connectivity index (χ3n) is 3.66. The van der Waals surface area contributed by atoms with Gasteiger partial charge in [-0.05, 0) is 24.7 Å². The molecule has 0 aromatic carbocycles. The number of aryl methyl sites for hydroxylation is 1. The molecule has 1 aliphatic rings. The van der Waals surface area contributed by atoms with E-state index in [4.69, 9.17) is 0 Å². The van der Waals surface area contributed by atoms with Crippen molar-refractivity contribution in [3.05, 3.63) is 18.2 Å². The van der Waals surface area contributed by atoms with E-state index in [9.17, 15) is 0 Å². The predicted molar refractivity (Wildman–Crippen MR) is 66.2 cm³/mol. The molecule has 16 heavy (non-hydrogen) atoms. The zero-order valence-electron chi connectivity index (χ0n) is 10.5. The van der Waals surface area contributed by atoms with Crippen LogP contribution in [0.25, 0.3) is 0 Å². The molecule has 3 nitrogen and oxygen atoms in total. The van der Waals surface area contributed by atoms with Crippen molar-refractivity contribution in [1.29, 1.82) is 0 Å². The van der Waals surface area contributed by atoms with Gasteiger partial charge in [0, 0.05) is 25.5 Å². The molecule has 1 aromatic rings. The first-order chi connectivity index (χ1) is 7.73. The second-order valence-corrected chi connectivity index (χ2v) is 5.30. The van der Waals surface area contributed by atoms with Crippen LogP contribution in [-0.2, 0) is 13.1 Å². The number of imidazole rings is 1. The lowest BCUT2D eigenvalue weighted by atomic mass is 9.70. The van der Waals surface area contributed by atoms with Crippen LogP contribution in [0.2, 0.25) is 0 Å². The molecule has 0 spiro atoms. The SMILES string of the molecule is CCCn1ccnc1CNCC1(C)CCC1. The molecule has 0 amide bonds. The summed E-state index contributed by atoms with van der Waals surface area (Å²) in [7, 11) is 0. The van der Waals surface area contributed by atoms with Crippen LogP contribution >= 0.6 is 0 Å². The molecule has 0 bridgehead atoms. The third-order valence-corrected chi connectivity index (χ3v) is 3.66. The molecule has 1 N–H and O–H groups in total. The minimum atomic E-state index is 0.558. The van der Waals surface area contributed by atoms with Crippen LogP contribution in [0.4, 0.5) is 0 Å². The van der Waals surface area contributed by atoms with Crippen molar-refractivity contribution in [2.45, 2.75) is 52.6 Å². The Morgan fingerprint density at radius 3 is 2.94 bits per heavy atom. The Hall–Kier alpha value is -0.830. The standard InChI is InChI=1S/C13H23N3/c1-3-8-16-9-7-15-12(16)10-14-11-13(2)5-4-6-13/h7,9,14H,3-6,8,10-11H2,1-2H3. The molecule has 1 fully saturated rings. The quantitative estimate of drug-likeness (QED) is 0.800. The zero-order valence-corrected chi connectivity index (χ0v) is 10.5. The molecule has 90 valence electrons. The average molecular weight is 221 g/mol. The van der Waals surface area contributed by atoms with E-state index < -0.39 is 0 Å². The van der Waals surface area contributed by atoms with Crippen molar-refractivity contribution in [3.63, 3.8) is 0 Å². The maximum Gasteiger partial charge on any atom is 0.122 e. The molecular weight excluding hydrogens is 198 g/mol. The lowest BCUT2D eigenvalue weighted by Gasteiger charge is -2.38. The Morgan fingerprint density at radius 2 is 2.31 bits per heavy atom. The summed E-state index contributed by atoms with van der Waals surface area (Å²) >= 11 is 0. The van der Waals surface area contributed by atoms with Crippen LogP contribution in [-0.4, -0.2) is 16.1 Å². The fourth-order valence-corrected chi connectivity index (χ4v) is 2.38. The number of nitrogens with one attached hydrogen (secondary N) is 1. The summed E-state index contributed by atoms with van der Waals surface area (Å²) < 4.78 is 2.25. The highest BCUT2D eigenvalue weighted by Gasteiger charge is 2.30. The molecule has 0 atom stereocenters. The van der Waals surface area contributed by atoms with Crippen molar-refractivity contribution >= 4 is 0 Å². The van der Waals surface area contributed by atoms with Gasteiger partial charge in [0.2, 0.25) is 0 Å². The van der Waals surface area contributed by atoms with Crippen molar-refractivity contribution in [2.24, 2.45) is 5.41 Å².